The van der Waals surface area contributed by atoms with Gasteiger partial charge in [0.15, 0.2) is 0 Å². The van der Waals surface area contributed by atoms with E-state index in [4.69, 9.17) is 0 Å². The second-order valence-electron chi connectivity index (χ2n) is 4.47. The molecule has 4 heteroatoms. The van der Waals surface area contributed by atoms with Crippen LogP contribution in [-0.4, -0.2) is 46.7 Å². The highest BCUT2D eigenvalue weighted by Crippen LogP contribution is 2.07. The van der Waals surface area contributed by atoms with Gasteiger partial charge in [0, 0.05) is 51.2 Å². The van der Waals surface area contributed by atoms with Gasteiger partial charge >= 0.3 is 0 Å². The van der Waals surface area contributed by atoms with Gasteiger partial charge in [0.25, 0.3) is 0 Å². The van der Waals surface area contributed by atoms with Crippen LogP contribution in [0.15, 0.2) is 12.4 Å². The lowest BCUT2D eigenvalue weighted by Gasteiger charge is -2.35. The summed E-state index contributed by atoms with van der Waals surface area (Å²) >= 11 is 0. The molecular formula is C12H22N4. The van der Waals surface area contributed by atoms with Crippen LogP contribution in [0, 0.1) is 6.92 Å². The van der Waals surface area contributed by atoms with E-state index in [1.165, 1.54) is 13.0 Å². The van der Waals surface area contributed by atoms with E-state index in [0.717, 1.165) is 32.0 Å². The Labute approximate surface area is 97.7 Å². The summed E-state index contributed by atoms with van der Waals surface area (Å²) in [5, 5.41) is 3.46. The van der Waals surface area contributed by atoms with Gasteiger partial charge in [-0.25, -0.2) is 4.98 Å². The molecule has 1 saturated heterocycles. The van der Waals surface area contributed by atoms with E-state index < -0.39 is 0 Å². The Morgan fingerprint density at radius 3 is 3.06 bits per heavy atom. The predicted octanol–water partition coefficient (Wildman–Crippen LogP) is 0.875. The number of piperazine rings is 1. The summed E-state index contributed by atoms with van der Waals surface area (Å²) in [5.74, 6) is 1.11. The molecule has 0 saturated carbocycles. The predicted molar refractivity (Wildman–Crippen MR) is 65.5 cm³/mol. The molecule has 0 amide bonds. The molecule has 0 aromatic carbocycles. The Bertz CT molecular complexity index is 321. The Kier molecular flexibility index (Phi) is 3.96. The molecule has 1 fully saturated rings. The van der Waals surface area contributed by atoms with Gasteiger partial charge in [-0.1, -0.05) is 6.92 Å². The average Bonchev–Trinajstić information content (AvgIpc) is 2.72. The lowest BCUT2D eigenvalue weighted by atomic mass is 10.1. The third kappa shape index (κ3) is 2.62. The maximum atomic E-state index is 4.25. The molecule has 90 valence electrons. The van der Waals surface area contributed by atoms with E-state index in [2.05, 4.69) is 39.8 Å². The Balaban J connectivity index is 1.86. The standard InChI is InChI=1S/C12H22N4/c1-3-12-10-13-4-6-16(12)9-8-15-7-5-14-11(15)2/h5,7,12-13H,3-4,6,8-10H2,1-2H3. The molecule has 1 N–H and O–H groups in total. The quantitative estimate of drug-likeness (QED) is 0.821. The number of aromatic nitrogens is 2. The first-order chi connectivity index (χ1) is 7.81. The second kappa shape index (κ2) is 5.46. The van der Waals surface area contributed by atoms with E-state index in [1.807, 2.05) is 6.20 Å². The van der Waals surface area contributed by atoms with Crippen molar-refractivity contribution in [3.63, 3.8) is 0 Å². The highest BCUT2D eigenvalue weighted by atomic mass is 15.2. The SMILES string of the molecule is CCC1CNCCN1CCn1ccnc1C. The van der Waals surface area contributed by atoms with Crippen molar-refractivity contribution in [2.45, 2.75) is 32.9 Å². The van der Waals surface area contributed by atoms with Crippen molar-refractivity contribution in [3.8, 4) is 0 Å². The molecule has 1 aromatic heterocycles. The summed E-state index contributed by atoms with van der Waals surface area (Å²) < 4.78 is 2.23. The van der Waals surface area contributed by atoms with Gasteiger partial charge in [-0.3, -0.25) is 4.90 Å². The smallest absolute Gasteiger partial charge is 0.105 e. The number of hydrogen-bond donors (Lipinski definition) is 1. The topological polar surface area (TPSA) is 33.1 Å². The second-order valence-corrected chi connectivity index (χ2v) is 4.47. The van der Waals surface area contributed by atoms with Crippen molar-refractivity contribution in [1.82, 2.24) is 19.8 Å². The van der Waals surface area contributed by atoms with Crippen molar-refractivity contribution < 1.29 is 0 Å². The maximum Gasteiger partial charge on any atom is 0.105 e. The molecule has 0 spiro atoms. The molecule has 0 bridgehead atoms. The molecule has 1 aromatic rings. The Morgan fingerprint density at radius 2 is 2.38 bits per heavy atom. The fourth-order valence-corrected chi connectivity index (χ4v) is 2.38. The Hall–Kier alpha value is -0.870. The molecule has 4 nitrogen and oxygen atoms in total. The van der Waals surface area contributed by atoms with Crippen molar-refractivity contribution in [1.29, 1.82) is 0 Å². The minimum atomic E-state index is 0.706. The number of imidazole rings is 1. The van der Waals surface area contributed by atoms with E-state index >= 15 is 0 Å². The largest absolute Gasteiger partial charge is 0.334 e. The van der Waals surface area contributed by atoms with Crippen LogP contribution < -0.4 is 5.32 Å². The number of rotatable bonds is 4. The van der Waals surface area contributed by atoms with Gasteiger partial charge in [-0.05, 0) is 13.3 Å². The lowest BCUT2D eigenvalue weighted by molar-refractivity contribution is 0.151. The van der Waals surface area contributed by atoms with Crippen LogP contribution in [0.4, 0.5) is 0 Å². The van der Waals surface area contributed by atoms with Crippen LogP contribution in [0.3, 0.4) is 0 Å². The Morgan fingerprint density at radius 1 is 1.50 bits per heavy atom. The molecule has 1 aliphatic heterocycles. The van der Waals surface area contributed by atoms with E-state index in [-0.39, 0.29) is 0 Å². The summed E-state index contributed by atoms with van der Waals surface area (Å²) in [5.41, 5.74) is 0. The zero-order valence-corrected chi connectivity index (χ0v) is 10.3. The van der Waals surface area contributed by atoms with E-state index in [1.54, 1.807) is 0 Å². The molecule has 0 radical (unpaired) electrons. The summed E-state index contributed by atoms with van der Waals surface area (Å²) in [7, 11) is 0. The summed E-state index contributed by atoms with van der Waals surface area (Å²) in [4.78, 5) is 6.84. The molecule has 2 heterocycles. The highest BCUT2D eigenvalue weighted by molar-refractivity contribution is 4.89. The number of hydrogen-bond acceptors (Lipinski definition) is 3. The van der Waals surface area contributed by atoms with Crippen LogP contribution in [0.25, 0.3) is 0 Å². The first-order valence-corrected chi connectivity index (χ1v) is 6.23. The van der Waals surface area contributed by atoms with Crippen molar-refractivity contribution in [3.05, 3.63) is 18.2 Å². The van der Waals surface area contributed by atoms with Gasteiger partial charge in [0.1, 0.15) is 5.82 Å². The highest BCUT2D eigenvalue weighted by Gasteiger charge is 2.19. The van der Waals surface area contributed by atoms with Crippen LogP contribution >= 0.6 is 0 Å². The van der Waals surface area contributed by atoms with Gasteiger partial charge in [0.05, 0.1) is 0 Å². The van der Waals surface area contributed by atoms with E-state index in [0.29, 0.717) is 6.04 Å². The average molecular weight is 222 g/mol. The number of nitrogens with zero attached hydrogens (tertiary/aromatic N) is 3. The van der Waals surface area contributed by atoms with Crippen LogP contribution in [0.5, 0.6) is 0 Å². The van der Waals surface area contributed by atoms with Crippen molar-refractivity contribution in [2.75, 3.05) is 26.2 Å². The molecule has 2 rings (SSSR count). The molecule has 1 aliphatic rings. The number of aryl methyl sites for hydroxylation is 1. The molecule has 0 aliphatic carbocycles. The van der Waals surface area contributed by atoms with Crippen molar-refractivity contribution >= 4 is 0 Å². The molecule has 1 unspecified atom stereocenters. The first-order valence-electron chi connectivity index (χ1n) is 6.23. The molecule has 16 heavy (non-hydrogen) atoms. The maximum absolute atomic E-state index is 4.25. The minimum absolute atomic E-state index is 0.706. The van der Waals surface area contributed by atoms with Gasteiger partial charge in [-0.2, -0.15) is 0 Å². The summed E-state index contributed by atoms with van der Waals surface area (Å²) in [6.07, 6.45) is 5.18. The van der Waals surface area contributed by atoms with Gasteiger partial charge < -0.3 is 9.88 Å². The minimum Gasteiger partial charge on any atom is -0.334 e. The summed E-state index contributed by atoms with van der Waals surface area (Å²) in [6, 6.07) is 0.706. The fraction of sp³-hybridized carbons (Fsp3) is 0.750. The van der Waals surface area contributed by atoms with Crippen molar-refractivity contribution in [2.24, 2.45) is 0 Å². The van der Waals surface area contributed by atoms with E-state index in [9.17, 15) is 0 Å². The monoisotopic (exact) mass is 222 g/mol. The van der Waals surface area contributed by atoms with Crippen LogP contribution in [0.1, 0.15) is 19.2 Å². The zero-order chi connectivity index (χ0) is 11.4. The van der Waals surface area contributed by atoms with Gasteiger partial charge in [0.2, 0.25) is 0 Å². The lowest BCUT2D eigenvalue weighted by Crippen LogP contribution is -2.51. The zero-order valence-electron chi connectivity index (χ0n) is 10.3. The van der Waals surface area contributed by atoms with Crippen LogP contribution in [0.2, 0.25) is 0 Å². The third-order valence-electron chi connectivity index (χ3n) is 3.50. The first kappa shape index (κ1) is 11.6. The van der Waals surface area contributed by atoms with Gasteiger partial charge in [-0.15, -0.1) is 0 Å². The normalized spacial score (nSPS) is 22.5. The molecular weight excluding hydrogens is 200 g/mol. The molecule has 1 atom stereocenters. The third-order valence-corrected chi connectivity index (χ3v) is 3.50. The van der Waals surface area contributed by atoms with Crippen LogP contribution in [-0.2, 0) is 6.54 Å². The number of nitrogens with one attached hydrogen (secondary N) is 1. The summed E-state index contributed by atoms with van der Waals surface area (Å²) in [6.45, 7) is 9.97. The fourth-order valence-electron chi connectivity index (χ4n) is 2.38.